The molecule has 1 aromatic carbocycles. The Balaban J connectivity index is 1.40. The molecule has 1 aliphatic rings. The molecule has 4 aromatic rings. The zero-order valence-corrected chi connectivity index (χ0v) is 13.8. The van der Waals surface area contributed by atoms with Gasteiger partial charge >= 0.3 is 0 Å². The first-order valence-electron chi connectivity index (χ1n) is 8.61. The van der Waals surface area contributed by atoms with Gasteiger partial charge in [0.1, 0.15) is 17.8 Å². The molecule has 25 heavy (non-hydrogen) atoms. The number of H-pyrrole nitrogens is 2. The van der Waals surface area contributed by atoms with Crippen LogP contribution >= 0.6 is 0 Å². The van der Waals surface area contributed by atoms with E-state index in [1.165, 1.54) is 0 Å². The normalized spacial score (nSPS) is 15.8. The van der Waals surface area contributed by atoms with E-state index in [9.17, 15) is 0 Å². The predicted molar refractivity (Wildman–Crippen MR) is 99.0 cm³/mol. The summed E-state index contributed by atoms with van der Waals surface area (Å²) in [5.41, 5.74) is 3.00. The van der Waals surface area contributed by atoms with Gasteiger partial charge in [0, 0.05) is 32.4 Å². The standard InChI is InChI=1S/C18H19N7/c1-2-5-15-14(4-1)22-18(23-15)25-9-3-8-24(10-11-25)17-13-6-7-19-16(13)20-12-21-17/h1-2,4-7,12H,3,8-11H2,(H,22,23)(H,19,20,21). The number of nitrogens with zero attached hydrogens (tertiary/aromatic N) is 5. The topological polar surface area (TPSA) is 76.7 Å². The summed E-state index contributed by atoms with van der Waals surface area (Å²) >= 11 is 0. The molecule has 0 atom stereocenters. The van der Waals surface area contributed by atoms with Crippen molar-refractivity contribution in [1.82, 2.24) is 24.9 Å². The third kappa shape index (κ3) is 2.48. The maximum atomic E-state index is 4.74. The number of aromatic amines is 2. The molecule has 3 aromatic heterocycles. The van der Waals surface area contributed by atoms with Crippen LogP contribution in [-0.2, 0) is 0 Å². The van der Waals surface area contributed by atoms with Crippen LogP contribution in [0.4, 0.5) is 11.8 Å². The molecule has 7 heteroatoms. The first-order chi connectivity index (χ1) is 12.4. The fourth-order valence-corrected chi connectivity index (χ4v) is 3.54. The zero-order valence-electron chi connectivity index (χ0n) is 13.8. The number of anilines is 2. The zero-order chi connectivity index (χ0) is 16.6. The Hall–Kier alpha value is -3.09. The van der Waals surface area contributed by atoms with Crippen LogP contribution in [0.1, 0.15) is 6.42 Å². The van der Waals surface area contributed by atoms with E-state index in [4.69, 9.17) is 4.98 Å². The van der Waals surface area contributed by atoms with Crippen molar-refractivity contribution in [3.8, 4) is 0 Å². The molecule has 0 unspecified atom stereocenters. The van der Waals surface area contributed by atoms with E-state index in [1.807, 2.05) is 30.5 Å². The SMILES string of the molecule is c1ccc2[nH]c(N3CCCN(c4ncnc5[nH]ccc45)CC3)nc2c1. The fourth-order valence-electron chi connectivity index (χ4n) is 3.54. The van der Waals surface area contributed by atoms with Gasteiger partial charge in [0.15, 0.2) is 0 Å². The monoisotopic (exact) mass is 333 g/mol. The lowest BCUT2D eigenvalue weighted by Crippen LogP contribution is -2.31. The summed E-state index contributed by atoms with van der Waals surface area (Å²) in [6.07, 6.45) is 4.62. The third-order valence-electron chi connectivity index (χ3n) is 4.80. The van der Waals surface area contributed by atoms with Crippen molar-refractivity contribution in [2.75, 3.05) is 36.0 Å². The number of benzene rings is 1. The lowest BCUT2D eigenvalue weighted by Gasteiger charge is -2.22. The molecule has 0 aliphatic carbocycles. The van der Waals surface area contributed by atoms with E-state index in [1.54, 1.807) is 6.33 Å². The second-order valence-electron chi connectivity index (χ2n) is 6.34. The van der Waals surface area contributed by atoms with E-state index in [2.05, 4.69) is 35.8 Å². The van der Waals surface area contributed by atoms with Gasteiger partial charge in [0.05, 0.1) is 16.4 Å². The van der Waals surface area contributed by atoms with Crippen molar-refractivity contribution < 1.29 is 0 Å². The minimum atomic E-state index is 0.892. The molecule has 7 nitrogen and oxygen atoms in total. The van der Waals surface area contributed by atoms with Gasteiger partial charge in [0.2, 0.25) is 5.95 Å². The second-order valence-corrected chi connectivity index (χ2v) is 6.34. The predicted octanol–water partition coefficient (Wildman–Crippen LogP) is 2.55. The molecule has 0 spiro atoms. The molecule has 1 fully saturated rings. The highest BCUT2D eigenvalue weighted by Crippen LogP contribution is 2.24. The molecule has 126 valence electrons. The maximum absolute atomic E-state index is 4.74. The quantitative estimate of drug-likeness (QED) is 0.589. The van der Waals surface area contributed by atoms with Gasteiger partial charge in [0.25, 0.3) is 0 Å². The van der Waals surface area contributed by atoms with Crippen LogP contribution in [0.25, 0.3) is 22.1 Å². The highest BCUT2D eigenvalue weighted by atomic mass is 15.3. The minimum absolute atomic E-state index is 0.892. The van der Waals surface area contributed by atoms with Crippen LogP contribution in [0.2, 0.25) is 0 Å². The first kappa shape index (κ1) is 14.3. The summed E-state index contributed by atoms with van der Waals surface area (Å²) in [6, 6.07) is 10.2. The lowest BCUT2D eigenvalue weighted by atomic mass is 10.3. The van der Waals surface area contributed by atoms with E-state index < -0.39 is 0 Å². The highest BCUT2D eigenvalue weighted by molar-refractivity contribution is 5.87. The molecule has 0 saturated carbocycles. The summed E-state index contributed by atoms with van der Waals surface area (Å²) in [6.45, 7) is 3.79. The summed E-state index contributed by atoms with van der Waals surface area (Å²) in [5, 5.41) is 1.08. The van der Waals surface area contributed by atoms with Crippen molar-refractivity contribution in [2.45, 2.75) is 6.42 Å². The Morgan fingerprint density at radius 3 is 2.76 bits per heavy atom. The van der Waals surface area contributed by atoms with Crippen LogP contribution in [0, 0.1) is 0 Å². The number of fused-ring (bicyclic) bond motifs is 2. The van der Waals surface area contributed by atoms with E-state index in [0.717, 1.165) is 66.4 Å². The number of hydrogen-bond acceptors (Lipinski definition) is 5. The number of para-hydroxylation sites is 2. The van der Waals surface area contributed by atoms with Crippen molar-refractivity contribution >= 4 is 33.8 Å². The van der Waals surface area contributed by atoms with Crippen molar-refractivity contribution in [3.63, 3.8) is 0 Å². The van der Waals surface area contributed by atoms with E-state index in [0.29, 0.717) is 0 Å². The van der Waals surface area contributed by atoms with Crippen molar-refractivity contribution in [2.24, 2.45) is 0 Å². The highest BCUT2D eigenvalue weighted by Gasteiger charge is 2.20. The Morgan fingerprint density at radius 1 is 0.920 bits per heavy atom. The van der Waals surface area contributed by atoms with Crippen LogP contribution in [0.3, 0.4) is 0 Å². The van der Waals surface area contributed by atoms with Gasteiger partial charge < -0.3 is 19.8 Å². The number of hydrogen-bond donors (Lipinski definition) is 2. The lowest BCUT2D eigenvalue weighted by molar-refractivity contribution is 0.790. The summed E-state index contributed by atoms with van der Waals surface area (Å²) in [7, 11) is 0. The molecule has 2 N–H and O–H groups in total. The smallest absolute Gasteiger partial charge is 0.203 e. The van der Waals surface area contributed by atoms with Gasteiger partial charge in [-0.2, -0.15) is 0 Å². The Labute approximate surface area is 144 Å². The van der Waals surface area contributed by atoms with Crippen LogP contribution < -0.4 is 9.80 Å². The number of imidazole rings is 1. The molecular weight excluding hydrogens is 314 g/mol. The summed E-state index contributed by atoms with van der Waals surface area (Å²) < 4.78 is 0. The average Bonchev–Trinajstić information content (AvgIpc) is 3.22. The van der Waals surface area contributed by atoms with Crippen molar-refractivity contribution in [1.29, 1.82) is 0 Å². The molecule has 4 heterocycles. The molecule has 0 amide bonds. The Kier molecular flexibility index (Phi) is 3.29. The summed E-state index contributed by atoms with van der Waals surface area (Å²) in [4.78, 5) is 24.8. The minimum Gasteiger partial charge on any atom is -0.354 e. The van der Waals surface area contributed by atoms with Crippen LogP contribution in [-0.4, -0.2) is 51.1 Å². The average molecular weight is 333 g/mol. The van der Waals surface area contributed by atoms with Gasteiger partial charge in [-0.25, -0.2) is 15.0 Å². The van der Waals surface area contributed by atoms with Gasteiger partial charge in [-0.05, 0) is 24.6 Å². The van der Waals surface area contributed by atoms with Gasteiger partial charge in [-0.15, -0.1) is 0 Å². The van der Waals surface area contributed by atoms with Gasteiger partial charge in [-0.1, -0.05) is 12.1 Å². The molecule has 1 saturated heterocycles. The number of aromatic nitrogens is 5. The molecule has 0 bridgehead atoms. The second kappa shape index (κ2) is 5.77. The Bertz CT molecular complexity index is 985. The van der Waals surface area contributed by atoms with Gasteiger partial charge in [-0.3, -0.25) is 0 Å². The molecule has 1 aliphatic heterocycles. The number of nitrogens with one attached hydrogen (secondary N) is 2. The number of rotatable bonds is 2. The Morgan fingerprint density at radius 2 is 1.80 bits per heavy atom. The van der Waals surface area contributed by atoms with E-state index in [-0.39, 0.29) is 0 Å². The molecular formula is C18H19N7. The summed E-state index contributed by atoms with van der Waals surface area (Å²) in [5.74, 6) is 1.97. The molecule has 0 radical (unpaired) electrons. The maximum Gasteiger partial charge on any atom is 0.203 e. The van der Waals surface area contributed by atoms with Crippen LogP contribution in [0.15, 0.2) is 42.9 Å². The first-order valence-corrected chi connectivity index (χ1v) is 8.61. The largest absolute Gasteiger partial charge is 0.354 e. The molecule has 5 rings (SSSR count). The van der Waals surface area contributed by atoms with Crippen LogP contribution in [0.5, 0.6) is 0 Å². The van der Waals surface area contributed by atoms with E-state index >= 15 is 0 Å². The third-order valence-corrected chi connectivity index (χ3v) is 4.80. The van der Waals surface area contributed by atoms with Crippen molar-refractivity contribution in [3.05, 3.63) is 42.9 Å². The fraction of sp³-hybridized carbons (Fsp3) is 0.278.